The van der Waals surface area contributed by atoms with Crippen LogP contribution in [0.2, 0.25) is 0 Å². The van der Waals surface area contributed by atoms with Crippen LogP contribution in [-0.2, 0) is 4.79 Å². The Bertz CT molecular complexity index is 175. The molecule has 78 valence electrons. The zero-order valence-electron chi connectivity index (χ0n) is 8.51. The summed E-state index contributed by atoms with van der Waals surface area (Å²) in [6, 6.07) is 0.218. The topological polar surface area (TPSA) is 59.7 Å². The minimum Gasteiger partial charge on any atom is -1.00 e. The van der Waals surface area contributed by atoms with Crippen LogP contribution in [0.1, 0.15) is 27.2 Å². The van der Waals surface area contributed by atoms with Crippen molar-refractivity contribution in [2.75, 3.05) is 0 Å². The van der Waals surface area contributed by atoms with Gasteiger partial charge in [-0.2, -0.15) is 0 Å². The van der Waals surface area contributed by atoms with Crippen LogP contribution >= 0.6 is 0 Å². The molecular formula is C9H19ClN2O. The lowest BCUT2D eigenvalue weighted by Gasteiger charge is -2.20. The normalized spacial score (nSPS) is 12.9. The molecule has 0 aliphatic heterocycles. The second kappa shape index (κ2) is 6.13. The molecule has 0 fully saturated rings. The molecule has 0 aromatic carbocycles. The van der Waals surface area contributed by atoms with E-state index in [0.29, 0.717) is 0 Å². The van der Waals surface area contributed by atoms with Crippen molar-refractivity contribution in [3.05, 3.63) is 12.7 Å². The summed E-state index contributed by atoms with van der Waals surface area (Å²) in [5.41, 5.74) is 5.59. The Balaban J connectivity index is 0. The maximum atomic E-state index is 10.9. The molecule has 0 spiro atoms. The molecule has 3 nitrogen and oxygen atoms in total. The Hall–Kier alpha value is -0.380. The van der Waals surface area contributed by atoms with Crippen molar-refractivity contribution in [3.8, 4) is 0 Å². The largest absolute Gasteiger partial charge is 1.00 e. The molecule has 0 rings (SSSR count). The van der Waals surface area contributed by atoms with Gasteiger partial charge in [0.05, 0.1) is 6.04 Å². The Morgan fingerprint density at radius 1 is 1.69 bits per heavy atom. The summed E-state index contributed by atoms with van der Waals surface area (Å²) in [6.07, 6.45) is 2.13. The average Bonchev–Trinajstić information content (AvgIpc) is 1.82. The molecule has 0 heterocycles. The number of hydrogen-bond donors (Lipinski definition) is 2. The predicted octanol–water partition coefficient (Wildman–Crippen LogP) is -3.22. The minimum absolute atomic E-state index is 0. The van der Waals surface area contributed by atoms with Crippen molar-refractivity contribution in [3.63, 3.8) is 0 Å². The van der Waals surface area contributed by atoms with Crippen LogP contribution in [0, 0.1) is 0 Å². The van der Waals surface area contributed by atoms with Crippen molar-refractivity contribution in [1.82, 2.24) is 0 Å². The summed E-state index contributed by atoms with van der Waals surface area (Å²) in [5.74, 6) is -0.0215. The fraction of sp³-hybridized carbons (Fsp3) is 0.667. The standard InChI is InChI=1S/C9H18N2O.ClH/c1-5-8(12)11-7(2)6-9(3,4)10;/h5,7H,1,6,10H2,2-4H3,(H,11,12);1H. The van der Waals surface area contributed by atoms with E-state index in [4.69, 9.17) is 5.73 Å². The minimum atomic E-state index is -0.211. The van der Waals surface area contributed by atoms with Gasteiger partial charge in [-0.1, -0.05) is 6.58 Å². The number of quaternary nitrogens is 1. The second-order valence-corrected chi connectivity index (χ2v) is 3.94. The maximum Gasteiger partial charge on any atom is 0.334 e. The van der Waals surface area contributed by atoms with E-state index in [9.17, 15) is 4.79 Å². The summed E-state index contributed by atoms with van der Waals surface area (Å²) in [5, 5.41) is 1.65. The molecule has 0 radical (unpaired) electrons. The molecule has 0 aromatic rings. The van der Waals surface area contributed by atoms with E-state index in [1.54, 1.807) is 5.32 Å². The van der Waals surface area contributed by atoms with E-state index in [1.807, 2.05) is 20.8 Å². The quantitative estimate of drug-likeness (QED) is 0.476. The van der Waals surface area contributed by atoms with Gasteiger partial charge >= 0.3 is 5.91 Å². The van der Waals surface area contributed by atoms with Gasteiger partial charge in [-0.15, -0.1) is 0 Å². The van der Waals surface area contributed by atoms with Crippen molar-refractivity contribution in [1.29, 1.82) is 0 Å². The first-order valence-corrected chi connectivity index (χ1v) is 4.15. The Labute approximate surface area is 86.2 Å². The first-order valence-electron chi connectivity index (χ1n) is 4.15. The molecule has 4 heteroatoms. The lowest BCUT2D eigenvalue weighted by Crippen LogP contribution is -3.00. The summed E-state index contributed by atoms with van der Waals surface area (Å²) < 4.78 is 0. The third kappa shape index (κ3) is 9.53. The van der Waals surface area contributed by atoms with E-state index < -0.39 is 0 Å². The average molecular weight is 207 g/mol. The molecule has 0 aliphatic carbocycles. The molecule has 1 amide bonds. The van der Waals surface area contributed by atoms with Gasteiger partial charge in [0, 0.05) is 18.0 Å². The van der Waals surface area contributed by atoms with Gasteiger partial charge in [0.25, 0.3) is 0 Å². The van der Waals surface area contributed by atoms with Gasteiger partial charge < -0.3 is 18.1 Å². The number of primary amides is 1. The summed E-state index contributed by atoms with van der Waals surface area (Å²) >= 11 is 0. The highest BCUT2D eigenvalue weighted by Crippen LogP contribution is 2.04. The van der Waals surface area contributed by atoms with Crippen LogP contribution in [-0.4, -0.2) is 17.5 Å². The lowest BCUT2D eigenvalue weighted by molar-refractivity contribution is -0.600. The monoisotopic (exact) mass is 206 g/mol. The number of halogens is 1. The van der Waals surface area contributed by atoms with Gasteiger partial charge in [-0.3, -0.25) is 5.32 Å². The van der Waals surface area contributed by atoms with Crippen molar-refractivity contribution >= 4 is 5.91 Å². The molecule has 1 unspecified atom stereocenters. The van der Waals surface area contributed by atoms with Gasteiger partial charge in [0.15, 0.2) is 0 Å². The predicted molar refractivity (Wildman–Crippen MR) is 49.5 cm³/mol. The molecule has 0 saturated carbocycles. The maximum absolute atomic E-state index is 10.9. The number of hydrogen-bond acceptors (Lipinski definition) is 2. The molecule has 4 N–H and O–H groups in total. The van der Waals surface area contributed by atoms with E-state index in [2.05, 4.69) is 6.58 Å². The third-order valence-electron chi connectivity index (χ3n) is 1.50. The lowest BCUT2D eigenvalue weighted by atomic mass is 9.97. The SMILES string of the molecule is C=CC(=O)[NH2+]C(C)CC(C)(C)N.[Cl-]. The zero-order chi connectivity index (χ0) is 9.78. The highest BCUT2D eigenvalue weighted by atomic mass is 35.5. The summed E-state index contributed by atoms with van der Waals surface area (Å²) in [6.45, 7) is 9.29. The summed E-state index contributed by atoms with van der Waals surface area (Å²) in [7, 11) is 0. The fourth-order valence-corrected chi connectivity index (χ4v) is 1.24. The highest BCUT2D eigenvalue weighted by Gasteiger charge is 2.19. The molecule has 1 atom stereocenters. The first kappa shape index (κ1) is 15.1. The van der Waals surface area contributed by atoms with Gasteiger partial charge in [-0.25, -0.2) is 4.79 Å². The number of rotatable bonds is 4. The molecule has 0 aliphatic rings. The van der Waals surface area contributed by atoms with Crippen molar-refractivity contribution < 1.29 is 22.5 Å². The number of nitrogens with two attached hydrogens (primary N) is 2. The Kier molecular flexibility index (Phi) is 7.13. The van der Waals surface area contributed by atoms with Gasteiger partial charge in [0.1, 0.15) is 0 Å². The van der Waals surface area contributed by atoms with Crippen LogP contribution < -0.4 is 23.5 Å². The van der Waals surface area contributed by atoms with Crippen LogP contribution in [0.5, 0.6) is 0 Å². The van der Waals surface area contributed by atoms with E-state index in [1.165, 1.54) is 6.08 Å². The molecule has 13 heavy (non-hydrogen) atoms. The highest BCUT2D eigenvalue weighted by molar-refractivity contribution is 5.77. The molecule has 0 saturated heterocycles. The smallest absolute Gasteiger partial charge is 0.334 e. The zero-order valence-corrected chi connectivity index (χ0v) is 9.27. The molecular weight excluding hydrogens is 188 g/mol. The number of amides is 1. The van der Waals surface area contributed by atoms with E-state index >= 15 is 0 Å². The molecule has 0 bridgehead atoms. The fourth-order valence-electron chi connectivity index (χ4n) is 1.24. The summed E-state index contributed by atoms with van der Waals surface area (Å²) in [4.78, 5) is 10.9. The van der Waals surface area contributed by atoms with Gasteiger partial charge in [0.2, 0.25) is 0 Å². The molecule has 0 aromatic heterocycles. The Morgan fingerprint density at radius 3 is 2.46 bits per heavy atom. The van der Waals surface area contributed by atoms with Crippen molar-refractivity contribution in [2.45, 2.75) is 38.8 Å². The van der Waals surface area contributed by atoms with E-state index in [-0.39, 0.29) is 29.9 Å². The van der Waals surface area contributed by atoms with E-state index in [0.717, 1.165) is 6.42 Å². The van der Waals surface area contributed by atoms with Crippen LogP contribution in [0.25, 0.3) is 0 Å². The van der Waals surface area contributed by atoms with Crippen LogP contribution in [0.15, 0.2) is 12.7 Å². The van der Waals surface area contributed by atoms with Crippen LogP contribution in [0.3, 0.4) is 0 Å². The first-order chi connectivity index (χ1) is 5.35. The number of carbonyl (C=O) groups excluding carboxylic acids is 1. The van der Waals surface area contributed by atoms with Crippen LogP contribution in [0.4, 0.5) is 0 Å². The van der Waals surface area contributed by atoms with Crippen molar-refractivity contribution in [2.24, 2.45) is 5.73 Å². The van der Waals surface area contributed by atoms with Gasteiger partial charge in [-0.05, 0) is 20.8 Å². The third-order valence-corrected chi connectivity index (χ3v) is 1.50. The second-order valence-electron chi connectivity index (χ2n) is 3.94. The number of carbonyl (C=O) groups is 1. The Morgan fingerprint density at radius 2 is 2.15 bits per heavy atom.